The van der Waals surface area contributed by atoms with Gasteiger partial charge in [0.15, 0.2) is 0 Å². The van der Waals surface area contributed by atoms with Crippen molar-refractivity contribution in [1.82, 2.24) is 9.62 Å². The zero-order valence-corrected chi connectivity index (χ0v) is 12.6. The van der Waals surface area contributed by atoms with Gasteiger partial charge in [-0.15, -0.1) is 0 Å². The molecule has 4 nitrogen and oxygen atoms in total. The molecule has 1 aliphatic heterocycles. The fourth-order valence-electron chi connectivity index (χ4n) is 2.30. The minimum absolute atomic E-state index is 0.157. The van der Waals surface area contributed by atoms with E-state index in [2.05, 4.69) is 16.5 Å². The molecule has 0 spiro atoms. The molecule has 108 valence electrons. The quantitative estimate of drug-likeness (QED) is 0.737. The van der Waals surface area contributed by atoms with Gasteiger partial charge in [0, 0.05) is 6.04 Å². The van der Waals surface area contributed by atoms with Gasteiger partial charge in [-0.2, -0.15) is 0 Å². The summed E-state index contributed by atoms with van der Waals surface area (Å²) in [6, 6.07) is 0.157. The van der Waals surface area contributed by atoms with Crippen molar-refractivity contribution in [2.45, 2.75) is 58.4 Å². The molecule has 1 rings (SSSR count). The SMILES string of the molecule is CCCCN1CCC(NS(=O)(=O)CCCC)CC1. The number of sulfonamides is 1. The number of nitrogens with one attached hydrogen (secondary N) is 1. The molecule has 0 unspecified atom stereocenters. The number of hydrogen-bond acceptors (Lipinski definition) is 3. The highest BCUT2D eigenvalue weighted by molar-refractivity contribution is 7.89. The van der Waals surface area contributed by atoms with Crippen molar-refractivity contribution in [3.63, 3.8) is 0 Å². The van der Waals surface area contributed by atoms with Crippen LogP contribution in [0.5, 0.6) is 0 Å². The highest BCUT2D eigenvalue weighted by Crippen LogP contribution is 2.12. The van der Waals surface area contributed by atoms with Crippen LogP contribution >= 0.6 is 0 Å². The predicted octanol–water partition coefficient (Wildman–Crippen LogP) is 1.97. The second-order valence-electron chi connectivity index (χ2n) is 5.26. The predicted molar refractivity (Wildman–Crippen MR) is 76.2 cm³/mol. The number of piperidine rings is 1. The van der Waals surface area contributed by atoms with Gasteiger partial charge in [0.2, 0.25) is 10.0 Å². The van der Waals surface area contributed by atoms with Crippen LogP contribution in [0.3, 0.4) is 0 Å². The first-order valence-corrected chi connectivity index (χ1v) is 8.95. The lowest BCUT2D eigenvalue weighted by atomic mass is 10.1. The summed E-state index contributed by atoms with van der Waals surface area (Å²) >= 11 is 0. The summed E-state index contributed by atoms with van der Waals surface area (Å²) < 4.78 is 26.4. The molecule has 0 aromatic carbocycles. The molecule has 0 atom stereocenters. The molecular weight excluding hydrogens is 248 g/mol. The third-order valence-electron chi connectivity index (χ3n) is 3.53. The van der Waals surface area contributed by atoms with Crippen LogP contribution in [0.15, 0.2) is 0 Å². The molecule has 0 aromatic heterocycles. The average Bonchev–Trinajstić information content (AvgIpc) is 2.35. The first-order chi connectivity index (χ1) is 8.57. The Morgan fingerprint density at radius 1 is 1.11 bits per heavy atom. The summed E-state index contributed by atoms with van der Waals surface area (Å²) in [5, 5.41) is 0. The molecule has 1 aliphatic rings. The third kappa shape index (κ3) is 6.16. The first-order valence-electron chi connectivity index (χ1n) is 7.29. The highest BCUT2D eigenvalue weighted by Gasteiger charge is 2.22. The van der Waals surface area contributed by atoms with Crippen molar-refractivity contribution in [2.75, 3.05) is 25.4 Å². The number of likely N-dealkylation sites (tertiary alicyclic amines) is 1. The molecule has 18 heavy (non-hydrogen) atoms. The van der Waals surface area contributed by atoms with Gasteiger partial charge < -0.3 is 4.90 Å². The molecule has 0 aliphatic carbocycles. The summed E-state index contributed by atoms with van der Waals surface area (Å²) in [4.78, 5) is 2.44. The fourth-order valence-corrected chi connectivity index (χ4v) is 3.83. The van der Waals surface area contributed by atoms with Crippen molar-refractivity contribution >= 4 is 10.0 Å². The van der Waals surface area contributed by atoms with Gasteiger partial charge in [0.1, 0.15) is 0 Å². The van der Waals surface area contributed by atoms with Crippen LogP contribution in [-0.4, -0.2) is 44.7 Å². The van der Waals surface area contributed by atoms with E-state index in [1.807, 2.05) is 6.92 Å². The Balaban J connectivity index is 2.26. The van der Waals surface area contributed by atoms with Crippen LogP contribution in [0, 0.1) is 0 Å². The monoisotopic (exact) mass is 276 g/mol. The minimum atomic E-state index is -3.05. The maximum Gasteiger partial charge on any atom is 0.211 e. The lowest BCUT2D eigenvalue weighted by molar-refractivity contribution is 0.205. The Labute approximate surface area is 112 Å². The van der Waals surface area contributed by atoms with Crippen LogP contribution < -0.4 is 4.72 Å². The summed E-state index contributed by atoms with van der Waals surface area (Å²) in [6.07, 6.45) is 6.06. The van der Waals surface area contributed by atoms with Crippen LogP contribution in [-0.2, 0) is 10.0 Å². The zero-order chi connectivity index (χ0) is 13.4. The van der Waals surface area contributed by atoms with Crippen molar-refractivity contribution < 1.29 is 8.42 Å². The van der Waals surface area contributed by atoms with Gasteiger partial charge >= 0.3 is 0 Å². The average molecular weight is 276 g/mol. The smallest absolute Gasteiger partial charge is 0.211 e. The summed E-state index contributed by atoms with van der Waals surface area (Å²) in [5.41, 5.74) is 0. The topological polar surface area (TPSA) is 49.4 Å². The van der Waals surface area contributed by atoms with E-state index in [1.54, 1.807) is 0 Å². The highest BCUT2D eigenvalue weighted by atomic mass is 32.2. The Morgan fingerprint density at radius 3 is 2.28 bits per heavy atom. The molecule has 1 saturated heterocycles. The van der Waals surface area contributed by atoms with Crippen LogP contribution in [0.1, 0.15) is 52.4 Å². The Morgan fingerprint density at radius 2 is 1.72 bits per heavy atom. The van der Waals surface area contributed by atoms with Crippen molar-refractivity contribution in [3.8, 4) is 0 Å². The van der Waals surface area contributed by atoms with E-state index in [0.29, 0.717) is 0 Å². The standard InChI is InChI=1S/C13H28N2O2S/c1-3-5-9-15-10-7-13(8-11-15)14-18(16,17)12-6-4-2/h13-14H,3-12H2,1-2H3. The van der Waals surface area contributed by atoms with E-state index in [1.165, 1.54) is 12.8 Å². The minimum Gasteiger partial charge on any atom is -0.303 e. The van der Waals surface area contributed by atoms with Crippen LogP contribution in [0.4, 0.5) is 0 Å². The molecule has 1 fully saturated rings. The van der Waals surface area contributed by atoms with E-state index in [9.17, 15) is 8.42 Å². The summed E-state index contributed by atoms with van der Waals surface area (Å²) in [6.45, 7) is 7.43. The number of nitrogens with zero attached hydrogens (tertiary/aromatic N) is 1. The van der Waals surface area contributed by atoms with Crippen molar-refractivity contribution in [1.29, 1.82) is 0 Å². The second-order valence-corrected chi connectivity index (χ2v) is 7.13. The fraction of sp³-hybridized carbons (Fsp3) is 1.00. The van der Waals surface area contributed by atoms with E-state index < -0.39 is 10.0 Å². The molecule has 0 amide bonds. The maximum absolute atomic E-state index is 11.8. The summed E-state index contributed by atoms with van der Waals surface area (Å²) in [7, 11) is -3.05. The van der Waals surface area contributed by atoms with Gasteiger partial charge in [0.05, 0.1) is 5.75 Å². The van der Waals surface area contributed by atoms with Gasteiger partial charge in [-0.05, 0) is 45.3 Å². The molecule has 0 saturated carbocycles. The van der Waals surface area contributed by atoms with E-state index >= 15 is 0 Å². The molecule has 5 heteroatoms. The molecule has 0 bridgehead atoms. The summed E-state index contributed by atoms with van der Waals surface area (Å²) in [5.74, 6) is 0.277. The largest absolute Gasteiger partial charge is 0.303 e. The molecule has 1 heterocycles. The van der Waals surface area contributed by atoms with Gasteiger partial charge in [-0.3, -0.25) is 0 Å². The molecule has 1 N–H and O–H groups in total. The van der Waals surface area contributed by atoms with Gasteiger partial charge in [-0.1, -0.05) is 26.7 Å². The van der Waals surface area contributed by atoms with Gasteiger partial charge in [0.25, 0.3) is 0 Å². The number of hydrogen-bond donors (Lipinski definition) is 1. The second kappa shape index (κ2) is 8.12. The van der Waals surface area contributed by atoms with Crippen LogP contribution in [0.25, 0.3) is 0 Å². The lowest BCUT2D eigenvalue weighted by Gasteiger charge is -2.32. The van der Waals surface area contributed by atoms with Gasteiger partial charge in [-0.25, -0.2) is 13.1 Å². The zero-order valence-electron chi connectivity index (χ0n) is 11.8. The van der Waals surface area contributed by atoms with E-state index in [0.717, 1.165) is 45.3 Å². The molecule has 0 aromatic rings. The van der Waals surface area contributed by atoms with Crippen molar-refractivity contribution in [3.05, 3.63) is 0 Å². The lowest BCUT2D eigenvalue weighted by Crippen LogP contribution is -2.45. The van der Waals surface area contributed by atoms with E-state index in [-0.39, 0.29) is 11.8 Å². The maximum atomic E-state index is 11.8. The Hall–Kier alpha value is -0.130. The Kier molecular flexibility index (Phi) is 7.19. The first kappa shape index (κ1) is 15.9. The van der Waals surface area contributed by atoms with Crippen molar-refractivity contribution in [2.24, 2.45) is 0 Å². The number of rotatable bonds is 8. The number of unbranched alkanes of at least 4 members (excludes halogenated alkanes) is 2. The Bertz CT molecular complexity index is 309. The normalized spacial score (nSPS) is 19.2. The van der Waals surface area contributed by atoms with Crippen LogP contribution in [0.2, 0.25) is 0 Å². The molecule has 0 radical (unpaired) electrons. The molecular formula is C13H28N2O2S. The third-order valence-corrected chi connectivity index (χ3v) is 5.05. The van der Waals surface area contributed by atoms with E-state index in [4.69, 9.17) is 0 Å².